The number of rotatable bonds is 4. The van der Waals surface area contributed by atoms with Crippen LogP contribution in [0.4, 0.5) is 17.6 Å². The molecule has 0 amide bonds. The third-order valence-electron chi connectivity index (χ3n) is 1.84. The summed E-state index contributed by atoms with van der Waals surface area (Å²) >= 11 is 5.37. The summed E-state index contributed by atoms with van der Waals surface area (Å²) in [7, 11) is 0. The Kier molecular flexibility index (Phi) is 5.93. The van der Waals surface area contributed by atoms with Gasteiger partial charge in [-0.15, -0.1) is 24.8 Å². The molecule has 0 aliphatic heterocycles. The predicted molar refractivity (Wildman–Crippen MR) is 61.5 cm³/mol. The molecule has 0 fully saturated rings. The van der Waals surface area contributed by atoms with Gasteiger partial charge in [0.05, 0.1) is 18.1 Å². The molecule has 0 aliphatic rings. The van der Waals surface area contributed by atoms with E-state index in [1.54, 1.807) is 0 Å². The molecule has 0 saturated carbocycles. The van der Waals surface area contributed by atoms with Gasteiger partial charge in [-0.05, 0) is 18.2 Å². The lowest BCUT2D eigenvalue weighted by Gasteiger charge is -2.10. The highest BCUT2D eigenvalue weighted by atomic mass is 35.5. The second-order valence-corrected chi connectivity index (χ2v) is 3.49. The van der Waals surface area contributed by atoms with E-state index in [-0.39, 0.29) is 23.8 Å². The van der Waals surface area contributed by atoms with Crippen molar-refractivity contribution in [2.24, 2.45) is 0 Å². The summed E-state index contributed by atoms with van der Waals surface area (Å²) in [4.78, 5) is 0. The fraction of sp³-hybridized carbons (Fsp3) is 0.333. The summed E-state index contributed by atoms with van der Waals surface area (Å²) in [5, 5.41) is 0. The minimum Gasteiger partial charge on any atom is -0.490 e. The van der Waals surface area contributed by atoms with Gasteiger partial charge in [-0.1, -0.05) is 11.8 Å². The Hall–Kier alpha value is -1.45. The predicted octanol–water partition coefficient (Wildman–Crippen LogP) is 3.33. The maximum atomic E-state index is 13.0. The van der Waals surface area contributed by atoms with Crippen molar-refractivity contribution < 1.29 is 27.0 Å². The highest BCUT2D eigenvalue weighted by molar-refractivity contribution is 6.19. The van der Waals surface area contributed by atoms with Crippen molar-refractivity contribution in [3.63, 3.8) is 0 Å². The Labute approximate surface area is 112 Å². The van der Waals surface area contributed by atoms with Gasteiger partial charge >= 0.3 is 6.36 Å². The first kappa shape index (κ1) is 15.6. The summed E-state index contributed by atoms with van der Waals surface area (Å²) in [5.41, 5.74) is 0.215. The molecular weight excluding hydrogens is 288 g/mol. The van der Waals surface area contributed by atoms with Crippen molar-refractivity contribution in [3.05, 3.63) is 29.6 Å². The average molecular weight is 297 g/mol. The van der Waals surface area contributed by atoms with Crippen molar-refractivity contribution in [2.75, 3.05) is 19.1 Å². The van der Waals surface area contributed by atoms with Crippen LogP contribution < -0.4 is 4.74 Å². The molecule has 1 rings (SSSR count). The van der Waals surface area contributed by atoms with E-state index in [9.17, 15) is 17.6 Å². The Morgan fingerprint density at radius 3 is 2.58 bits per heavy atom. The second-order valence-electron chi connectivity index (χ2n) is 3.22. The van der Waals surface area contributed by atoms with E-state index >= 15 is 0 Å². The quantitative estimate of drug-likeness (QED) is 0.367. The molecule has 104 valence electrons. The van der Waals surface area contributed by atoms with E-state index < -0.39 is 18.8 Å². The zero-order valence-corrected chi connectivity index (χ0v) is 10.3. The fourth-order valence-corrected chi connectivity index (χ4v) is 1.23. The van der Waals surface area contributed by atoms with E-state index in [0.29, 0.717) is 0 Å². The largest absolute Gasteiger partial charge is 0.522 e. The van der Waals surface area contributed by atoms with Crippen LogP contribution in [-0.4, -0.2) is 25.5 Å². The first-order valence-electron chi connectivity index (χ1n) is 5.10. The zero-order chi connectivity index (χ0) is 14.3. The maximum absolute atomic E-state index is 13.0. The van der Waals surface area contributed by atoms with Crippen molar-refractivity contribution in [2.45, 2.75) is 6.36 Å². The van der Waals surface area contributed by atoms with Crippen molar-refractivity contribution in [1.29, 1.82) is 0 Å². The van der Waals surface area contributed by atoms with E-state index in [1.807, 2.05) is 0 Å². The lowest BCUT2D eigenvalue weighted by atomic mass is 10.2. The lowest BCUT2D eigenvalue weighted by molar-refractivity contribution is -0.325. The molecular formula is C12H9ClF4O2. The third kappa shape index (κ3) is 6.32. The Morgan fingerprint density at radius 1 is 1.21 bits per heavy atom. The second kappa shape index (κ2) is 7.22. The van der Waals surface area contributed by atoms with Crippen LogP contribution in [0.1, 0.15) is 5.56 Å². The maximum Gasteiger partial charge on any atom is 0.522 e. The van der Waals surface area contributed by atoms with Gasteiger partial charge in [-0.25, -0.2) is 4.39 Å². The zero-order valence-electron chi connectivity index (χ0n) is 9.56. The van der Waals surface area contributed by atoms with Crippen molar-refractivity contribution >= 4 is 11.6 Å². The van der Waals surface area contributed by atoms with E-state index in [4.69, 9.17) is 16.3 Å². The molecule has 19 heavy (non-hydrogen) atoms. The van der Waals surface area contributed by atoms with Gasteiger partial charge < -0.3 is 4.74 Å². The van der Waals surface area contributed by atoms with Crippen LogP contribution >= 0.6 is 11.6 Å². The molecule has 0 N–H and O–H groups in total. The van der Waals surface area contributed by atoms with Gasteiger partial charge in [0, 0.05) is 0 Å². The normalized spacial score (nSPS) is 10.8. The van der Waals surface area contributed by atoms with Crippen LogP contribution in [-0.2, 0) is 4.74 Å². The molecule has 1 aromatic rings. The molecule has 0 radical (unpaired) electrons. The number of benzene rings is 1. The molecule has 2 nitrogen and oxygen atoms in total. The van der Waals surface area contributed by atoms with Crippen LogP contribution in [0.2, 0.25) is 0 Å². The molecule has 0 aromatic heterocycles. The minimum absolute atomic E-state index is 0.0487. The van der Waals surface area contributed by atoms with E-state index in [1.165, 1.54) is 6.07 Å². The van der Waals surface area contributed by atoms with Crippen LogP contribution in [0.25, 0.3) is 0 Å². The Balaban J connectivity index is 2.62. The Morgan fingerprint density at radius 2 is 1.95 bits per heavy atom. The van der Waals surface area contributed by atoms with Crippen LogP contribution in [0, 0.1) is 17.7 Å². The number of ether oxygens (including phenoxy) is 2. The topological polar surface area (TPSA) is 18.5 Å². The van der Waals surface area contributed by atoms with Crippen molar-refractivity contribution in [3.8, 4) is 17.6 Å². The molecule has 7 heteroatoms. The first-order chi connectivity index (χ1) is 8.92. The van der Waals surface area contributed by atoms with Gasteiger partial charge in [0.25, 0.3) is 0 Å². The van der Waals surface area contributed by atoms with Gasteiger partial charge in [-0.3, -0.25) is 4.74 Å². The summed E-state index contributed by atoms with van der Waals surface area (Å²) in [6.07, 6.45) is -4.70. The smallest absolute Gasteiger partial charge is 0.490 e. The standard InChI is InChI=1S/C12H9ClF4O2/c13-5-1-2-9-8-10(14)3-4-11(9)18-6-7-19-12(15,16)17/h3-4,8H,5-7H2. The number of hydrogen-bond acceptors (Lipinski definition) is 2. The van der Waals surface area contributed by atoms with Crippen LogP contribution in [0.3, 0.4) is 0 Å². The van der Waals surface area contributed by atoms with E-state index in [2.05, 4.69) is 16.6 Å². The molecule has 0 saturated heterocycles. The van der Waals surface area contributed by atoms with Crippen LogP contribution in [0.15, 0.2) is 18.2 Å². The van der Waals surface area contributed by atoms with Gasteiger partial charge in [-0.2, -0.15) is 0 Å². The summed E-state index contributed by atoms with van der Waals surface area (Å²) in [6, 6.07) is 3.51. The van der Waals surface area contributed by atoms with Gasteiger partial charge in [0.15, 0.2) is 0 Å². The first-order valence-corrected chi connectivity index (χ1v) is 5.63. The molecule has 0 bridgehead atoms. The summed E-state index contributed by atoms with van der Waals surface area (Å²) in [5.74, 6) is 4.75. The molecule has 0 unspecified atom stereocenters. The summed E-state index contributed by atoms with van der Waals surface area (Å²) < 4.78 is 56.7. The number of alkyl halides is 4. The van der Waals surface area contributed by atoms with Gasteiger partial charge in [0.1, 0.15) is 18.2 Å². The molecule has 1 aromatic carbocycles. The van der Waals surface area contributed by atoms with Crippen LogP contribution in [0.5, 0.6) is 5.75 Å². The highest BCUT2D eigenvalue weighted by Crippen LogP contribution is 2.19. The third-order valence-corrected chi connectivity index (χ3v) is 1.97. The number of hydrogen-bond donors (Lipinski definition) is 0. The minimum atomic E-state index is -4.70. The number of halogens is 5. The summed E-state index contributed by atoms with van der Waals surface area (Å²) in [6.45, 7) is -0.996. The highest BCUT2D eigenvalue weighted by Gasteiger charge is 2.28. The molecule has 0 atom stereocenters. The Bertz CT molecular complexity index is 477. The lowest BCUT2D eigenvalue weighted by Crippen LogP contribution is -2.18. The van der Waals surface area contributed by atoms with Gasteiger partial charge in [0.2, 0.25) is 0 Å². The SMILES string of the molecule is Fc1ccc(OCCOC(F)(F)F)c(C#CCCl)c1. The van der Waals surface area contributed by atoms with Crippen molar-refractivity contribution in [1.82, 2.24) is 0 Å². The molecule has 0 spiro atoms. The molecule has 0 aliphatic carbocycles. The average Bonchev–Trinajstić information content (AvgIpc) is 2.32. The van der Waals surface area contributed by atoms with E-state index in [0.717, 1.165) is 12.1 Å². The molecule has 0 heterocycles. The fourth-order valence-electron chi connectivity index (χ4n) is 1.16. The monoisotopic (exact) mass is 296 g/mol.